The van der Waals surface area contributed by atoms with Crippen LogP contribution in [0.2, 0.25) is 0 Å². The summed E-state index contributed by atoms with van der Waals surface area (Å²) in [4.78, 5) is 31.7. The van der Waals surface area contributed by atoms with Crippen molar-refractivity contribution in [1.82, 2.24) is 19.7 Å². The van der Waals surface area contributed by atoms with E-state index in [0.717, 1.165) is 11.4 Å². The number of ether oxygens (including phenoxy) is 1. The van der Waals surface area contributed by atoms with E-state index in [1.807, 2.05) is 20.0 Å². The maximum atomic E-state index is 12.5. The number of likely N-dealkylation sites (N-methyl/N-ethyl adjacent to an activating group) is 1. The molecule has 8 nitrogen and oxygen atoms in total. The molecule has 0 N–H and O–H groups in total. The van der Waals surface area contributed by atoms with Gasteiger partial charge < -0.3 is 9.64 Å². The molecule has 8 heteroatoms. The van der Waals surface area contributed by atoms with Gasteiger partial charge in [0.1, 0.15) is 6.54 Å². The molecule has 0 aliphatic carbocycles. The molecule has 0 aromatic carbocycles. The fraction of sp³-hybridized carbons (Fsp3) is 0.375. The van der Waals surface area contributed by atoms with Gasteiger partial charge in [0.05, 0.1) is 17.9 Å². The molecule has 1 aliphatic heterocycles. The molecule has 3 heterocycles. The Balaban J connectivity index is 1.72. The van der Waals surface area contributed by atoms with E-state index in [-0.39, 0.29) is 25.0 Å². The molecule has 1 aliphatic rings. The molecule has 0 unspecified atom stereocenters. The van der Waals surface area contributed by atoms with Crippen molar-refractivity contribution >= 4 is 17.6 Å². The lowest BCUT2D eigenvalue weighted by Gasteiger charge is -2.29. The van der Waals surface area contributed by atoms with Gasteiger partial charge in [0.15, 0.2) is 18.2 Å². The molecule has 0 fully saturated rings. The number of amides is 2. The summed E-state index contributed by atoms with van der Waals surface area (Å²) in [6.45, 7) is 2.17. The molecular formula is C16H19N5O3. The first-order valence-electron chi connectivity index (χ1n) is 7.57. The number of rotatable bonds is 4. The first-order valence-corrected chi connectivity index (χ1v) is 7.57. The zero-order chi connectivity index (χ0) is 17.3. The largest absolute Gasteiger partial charge is 0.480 e. The Morgan fingerprint density at radius 3 is 2.96 bits per heavy atom. The first-order chi connectivity index (χ1) is 11.5. The molecule has 126 valence electrons. The van der Waals surface area contributed by atoms with Crippen molar-refractivity contribution in [3.05, 3.63) is 35.8 Å². The number of carbonyl (C=O) groups excluding carboxylic acids is 2. The van der Waals surface area contributed by atoms with Crippen LogP contribution in [-0.4, -0.2) is 51.7 Å². The van der Waals surface area contributed by atoms with Gasteiger partial charge in [-0.2, -0.15) is 5.10 Å². The number of aryl methyl sites for hydroxylation is 2. The Labute approximate surface area is 139 Å². The van der Waals surface area contributed by atoms with E-state index >= 15 is 0 Å². The highest BCUT2D eigenvalue weighted by Crippen LogP contribution is 2.28. The van der Waals surface area contributed by atoms with E-state index in [0.29, 0.717) is 18.1 Å². The van der Waals surface area contributed by atoms with Gasteiger partial charge >= 0.3 is 0 Å². The van der Waals surface area contributed by atoms with Crippen molar-refractivity contribution in [2.24, 2.45) is 7.05 Å². The summed E-state index contributed by atoms with van der Waals surface area (Å²) in [6.07, 6.45) is 1.57. The number of fused-ring (bicyclic) bond motifs is 1. The fourth-order valence-electron chi connectivity index (χ4n) is 2.60. The fourth-order valence-corrected chi connectivity index (χ4v) is 2.60. The number of nitrogens with zero attached hydrogens (tertiary/aromatic N) is 5. The van der Waals surface area contributed by atoms with Gasteiger partial charge in [-0.3, -0.25) is 19.2 Å². The molecule has 0 atom stereocenters. The highest BCUT2D eigenvalue weighted by Gasteiger charge is 2.29. The van der Waals surface area contributed by atoms with Crippen LogP contribution in [0.5, 0.6) is 5.75 Å². The van der Waals surface area contributed by atoms with Crippen molar-refractivity contribution in [2.45, 2.75) is 13.5 Å². The van der Waals surface area contributed by atoms with E-state index in [1.54, 1.807) is 35.0 Å². The Kier molecular flexibility index (Phi) is 4.20. The highest BCUT2D eigenvalue weighted by atomic mass is 16.5. The summed E-state index contributed by atoms with van der Waals surface area (Å²) >= 11 is 0. The number of anilines is 1. The molecular weight excluding hydrogens is 310 g/mol. The van der Waals surface area contributed by atoms with E-state index in [4.69, 9.17) is 4.74 Å². The minimum absolute atomic E-state index is 0.0699. The maximum Gasteiger partial charge on any atom is 0.266 e. The predicted molar refractivity (Wildman–Crippen MR) is 86.5 cm³/mol. The summed E-state index contributed by atoms with van der Waals surface area (Å²) in [6, 6.07) is 5.39. The quantitative estimate of drug-likeness (QED) is 0.816. The smallest absolute Gasteiger partial charge is 0.266 e. The molecule has 0 bridgehead atoms. The number of aromatic nitrogens is 3. The Morgan fingerprint density at radius 2 is 2.25 bits per heavy atom. The van der Waals surface area contributed by atoms with Gasteiger partial charge in [-0.05, 0) is 25.1 Å². The third-order valence-corrected chi connectivity index (χ3v) is 3.88. The Bertz CT molecular complexity index is 786. The van der Waals surface area contributed by atoms with Crippen LogP contribution < -0.4 is 9.64 Å². The minimum atomic E-state index is -0.278. The molecule has 0 radical (unpaired) electrons. The summed E-state index contributed by atoms with van der Waals surface area (Å²) in [5.41, 5.74) is 1.82. The standard InChI is InChI=1S/C16H19N5O3/c1-11-7-12(20(3)18-11)8-19(2)14(22)9-21-15(23)10-24-13-5-4-6-17-16(13)21/h4-7H,8-10H2,1-3H3. The number of hydrogen-bond donors (Lipinski definition) is 0. The Morgan fingerprint density at radius 1 is 1.46 bits per heavy atom. The van der Waals surface area contributed by atoms with Crippen molar-refractivity contribution in [1.29, 1.82) is 0 Å². The second kappa shape index (κ2) is 6.31. The normalized spacial score (nSPS) is 13.5. The zero-order valence-corrected chi connectivity index (χ0v) is 13.9. The lowest BCUT2D eigenvalue weighted by molar-refractivity contribution is -0.131. The minimum Gasteiger partial charge on any atom is -0.480 e. The molecule has 2 amide bonds. The summed E-state index contributed by atoms with van der Waals surface area (Å²) in [5.74, 6) is 0.432. The number of pyridine rings is 1. The summed E-state index contributed by atoms with van der Waals surface area (Å²) < 4.78 is 7.08. The monoisotopic (exact) mass is 329 g/mol. The second-order valence-corrected chi connectivity index (χ2v) is 5.74. The van der Waals surface area contributed by atoms with E-state index < -0.39 is 0 Å². The van der Waals surface area contributed by atoms with Crippen LogP contribution in [0.25, 0.3) is 0 Å². The molecule has 24 heavy (non-hydrogen) atoms. The van der Waals surface area contributed by atoms with Gasteiger partial charge in [0.2, 0.25) is 5.91 Å². The van der Waals surface area contributed by atoms with Crippen molar-refractivity contribution in [3.8, 4) is 5.75 Å². The second-order valence-electron chi connectivity index (χ2n) is 5.74. The van der Waals surface area contributed by atoms with Gasteiger partial charge in [-0.25, -0.2) is 4.98 Å². The van der Waals surface area contributed by atoms with Crippen LogP contribution in [0.1, 0.15) is 11.4 Å². The lowest BCUT2D eigenvalue weighted by atomic mass is 10.3. The van der Waals surface area contributed by atoms with Gasteiger partial charge in [-0.15, -0.1) is 0 Å². The number of carbonyl (C=O) groups is 2. The van der Waals surface area contributed by atoms with Crippen LogP contribution in [0.15, 0.2) is 24.4 Å². The molecule has 0 spiro atoms. The highest BCUT2D eigenvalue weighted by molar-refractivity contribution is 6.01. The average molecular weight is 329 g/mol. The third-order valence-electron chi connectivity index (χ3n) is 3.88. The maximum absolute atomic E-state index is 12.5. The van der Waals surface area contributed by atoms with E-state index in [1.165, 1.54) is 4.90 Å². The topological polar surface area (TPSA) is 80.6 Å². The van der Waals surface area contributed by atoms with Crippen molar-refractivity contribution < 1.29 is 14.3 Å². The molecule has 3 rings (SSSR count). The molecule has 0 saturated heterocycles. The molecule has 2 aromatic heterocycles. The zero-order valence-electron chi connectivity index (χ0n) is 13.9. The molecule has 2 aromatic rings. The van der Waals surface area contributed by atoms with Crippen LogP contribution in [-0.2, 0) is 23.2 Å². The van der Waals surface area contributed by atoms with E-state index in [9.17, 15) is 9.59 Å². The average Bonchev–Trinajstić information content (AvgIpc) is 2.87. The van der Waals surface area contributed by atoms with E-state index in [2.05, 4.69) is 10.1 Å². The van der Waals surface area contributed by atoms with Gasteiger partial charge in [-0.1, -0.05) is 0 Å². The first kappa shape index (κ1) is 16.0. The third kappa shape index (κ3) is 3.08. The summed E-state index contributed by atoms with van der Waals surface area (Å²) in [7, 11) is 3.54. The molecule has 0 saturated carbocycles. The number of hydrogen-bond acceptors (Lipinski definition) is 5. The summed E-state index contributed by atoms with van der Waals surface area (Å²) in [5, 5.41) is 4.27. The van der Waals surface area contributed by atoms with Gasteiger partial charge in [0, 0.05) is 20.3 Å². The van der Waals surface area contributed by atoms with Gasteiger partial charge in [0.25, 0.3) is 5.91 Å². The van der Waals surface area contributed by atoms with Crippen LogP contribution >= 0.6 is 0 Å². The van der Waals surface area contributed by atoms with Crippen LogP contribution in [0.4, 0.5) is 5.82 Å². The van der Waals surface area contributed by atoms with Crippen LogP contribution in [0, 0.1) is 6.92 Å². The van der Waals surface area contributed by atoms with Crippen molar-refractivity contribution in [3.63, 3.8) is 0 Å². The predicted octanol–water partition coefficient (Wildman–Crippen LogP) is 0.508. The Hall–Kier alpha value is -2.90. The lowest BCUT2D eigenvalue weighted by Crippen LogP contribution is -2.46. The van der Waals surface area contributed by atoms with Crippen molar-refractivity contribution in [2.75, 3.05) is 25.1 Å². The van der Waals surface area contributed by atoms with Crippen LogP contribution in [0.3, 0.4) is 0 Å². The SMILES string of the molecule is Cc1cc(CN(C)C(=O)CN2C(=O)COc3cccnc32)n(C)n1.